The number of nitrogens with zero attached hydrogens (tertiary/aromatic N) is 3. The van der Waals surface area contributed by atoms with Crippen LogP contribution in [0.5, 0.6) is 0 Å². The molecule has 0 aliphatic carbocycles. The summed E-state index contributed by atoms with van der Waals surface area (Å²) >= 11 is 17.2. The molecule has 0 saturated carbocycles. The molecule has 126 valence electrons. The van der Waals surface area contributed by atoms with Crippen molar-refractivity contribution in [2.45, 2.75) is 17.8 Å². The van der Waals surface area contributed by atoms with E-state index < -0.39 is 16.7 Å². The lowest BCUT2D eigenvalue weighted by Gasteiger charge is -2.28. The molecule has 0 bridgehead atoms. The molecule has 0 fully saturated rings. The molecule has 0 radical (unpaired) electrons. The maximum absolute atomic E-state index is 12.0. The van der Waals surface area contributed by atoms with Gasteiger partial charge in [0.15, 0.2) is 10.5 Å². The van der Waals surface area contributed by atoms with Crippen molar-refractivity contribution in [2.24, 2.45) is 0 Å². The predicted molar refractivity (Wildman–Crippen MR) is 90.1 cm³/mol. The first-order valence-corrected chi connectivity index (χ1v) is 8.30. The number of aromatic carboxylic acids is 1. The molecule has 1 aromatic carbocycles. The van der Waals surface area contributed by atoms with Crippen molar-refractivity contribution in [2.75, 3.05) is 6.54 Å². The summed E-state index contributed by atoms with van der Waals surface area (Å²) in [7, 11) is 0. The van der Waals surface area contributed by atoms with Crippen molar-refractivity contribution in [1.82, 2.24) is 14.7 Å². The highest BCUT2D eigenvalue weighted by Crippen LogP contribution is 2.27. The average Bonchev–Trinajstić information content (AvgIpc) is 2.93. The van der Waals surface area contributed by atoms with E-state index in [2.05, 4.69) is 5.10 Å². The Hall–Kier alpha value is -1.76. The Morgan fingerprint density at radius 2 is 1.88 bits per heavy atom. The SMILES string of the molecule is O=C(O)c1nn(-c2ccc(Cl)cc2)c2c1CN(C(=O)C(Cl)Cl)CC2. The Morgan fingerprint density at radius 1 is 1.21 bits per heavy atom. The van der Waals surface area contributed by atoms with E-state index in [9.17, 15) is 14.7 Å². The molecular formula is C15H12Cl3N3O3. The van der Waals surface area contributed by atoms with Crippen molar-refractivity contribution in [3.63, 3.8) is 0 Å². The van der Waals surface area contributed by atoms with E-state index in [0.717, 1.165) is 5.69 Å². The summed E-state index contributed by atoms with van der Waals surface area (Å²) in [4.78, 5) is 23.8. The highest BCUT2D eigenvalue weighted by atomic mass is 35.5. The first-order chi connectivity index (χ1) is 11.4. The van der Waals surface area contributed by atoms with Gasteiger partial charge in [-0.05, 0) is 24.3 Å². The van der Waals surface area contributed by atoms with Crippen LogP contribution < -0.4 is 0 Å². The van der Waals surface area contributed by atoms with Gasteiger partial charge >= 0.3 is 5.97 Å². The number of alkyl halides is 2. The molecule has 0 spiro atoms. The maximum atomic E-state index is 12.0. The topological polar surface area (TPSA) is 75.4 Å². The van der Waals surface area contributed by atoms with Crippen LogP contribution >= 0.6 is 34.8 Å². The molecule has 2 aromatic rings. The molecule has 9 heteroatoms. The van der Waals surface area contributed by atoms with Crippen LogP contribution in [-0.2, 0) is 17.8 Å². The van der Waals surface area contributed by atoms with Gasteiger partial charge in [0, 0.05) is 23.6 Å². The summed E-state index contributed by atoms with van der Waals surface area (Å²) in [5, 5.41) is 14.2. The van der Waals surface area contributed by atoms with Crippen LogP contribution in [0.25, 0.3) is 5.69 Å². The monoisotopic (exact) mass is 387 g/mol. The molecule has 1 aliphatic rings. The lowest BCUT2D eigenvalue weighted by Crippen LogP contribution is -2.39. The van der Waals surface area contributed by atoms with Gasteiger partial charge in [0.25, 0.3) is 5.91 Å². The van der Waals surface area contributed by atoms with Gasteiger partial charge in [-0.15, -0.1) is 0 Å². The lowest BCUT2D eigenvalue weighted by atomic mass is 10.0. The van der Waals surface area contributed by atoms with Crippen molar-refractivity contribution >= 4 is 46.7 Å². The number of hydrogen-bond acceptors (Lipinski definition) is 3. The predicted octanol–water partition coefficient (Wildman–Crippen LogP) is 2.91. The summed E-state index contributed by atoms with van der Waals surface area (Å²) < 4.78 is 1.58. The van der Waals surface area contributed by atoms with Gasteiger partial charge in [-0.3, -0.25) is 4.79 Å². The van der Waals surface area contributed by atoms with Gasteiger partial charge in [-0.25, -0.2) is 9.48 Å². The fourth-order valence-corrected chi connectivity index (χ4v) is 3.11. The average molecular weight is 389 g/mol. The summed E-state index contributed by atoms with van der Waals surface area (Å²) in [6, 6.07) is 6.92. The Kier molecular flexibility index (Phi) is 4.71. The number of halogens is 3. The number of rotatable bonds is 3. The van der Waals surface area contributed by atoms with E-state index in [1.807, 2.05) is 0 Å². The minimum Gasteiger partial charge on any atom is -0.476 e. The first-order valence-electron chi connectivity index (χ1n) is 7.05. The molecule has 1 N–H and O–H groups in total. The zero-order chi connectivity index (χ0) is 17.4. The van der Waals surface area contributed by atoms with Gasteiger partial charge in [0.2, 0.25) is 0 Å². The number of carboxylic acids is 1. The molecule has 2 heterocycles. The standard InChI is InChI=1S/C15H12Cl3N3O3/c16-8-1-3-9(4-2-8)21-11-5-6-20(14(22)13(17)18)7-10(11)12(19-21)15(23)24/h1-4,13H,5-7H2,(H,23,24). The summed E-state index contributed by atoms with van der Waals surface area (Å²) in [5.41, 5.74) is 1.86. The molecule has 1 amide bonds. The molecule has 1 aliphatic heterocycles. The van der Waals surface area contributed by atoms with Gasteiger partial charge in [0.05, 0.1) is 17.9 Å². The number of benzene rings is 1. The largest absolute Gasteiger partial charge is 0.476 e. The Bertz CT molecular complexity index is 802. The van der Waals surface area contributed by atoms with Gasteiger partial charge in [-0.1, -0.05) is 34.8 Å². The number of carbonyl (C=O) groups excluding carboxylic acids is 1. The third-order valence-corrected chi connectivity index (χ3v) is 4.45. The molecule has 0 atom stereocenters. The Morgan fingerprint density at radius 3 is 2.46 bits per heavy atom. The fourth-order valence-electron chi connectivity index (χ4n) is 2.71. The van der Waals surface area contributed by atoms with Crippen LogP contribution in [0.1, 0.15) is 21.7 Å². The molecule has 1 aromatic heterocycles. The molecule has 3 rings (SSSR count). The van der Waals surface area contributed by atoms with Crippen LogP contribution in [-0.4, -0.2) is 43.0 Å². The second-order valence-corrected chi connectivity index (χ2v) is 6.81. The van der Waals surface area contributed by atoms with Gasteiger partial charge in [-0.2, -0.15) is 5.10 Å². The van der Waals surface area contributed by atoms with Gasteiger partial charge in [0.1, 0.15) is 0 Å². The highest BCUT2D eigenvalue weighted by Gasteiger charge is 2.32. The normalized spacial score (nSPS) is 13.9. The third-order valence-electron chi connectivity index (χ3n) is 3.83. The number of carboxylic acid groups (broad SMARTS) is 1. The number of hydrogen-bond donors (Lipinski definition) is 1. The van der Waals surface area contributed by atoms with E-state index in [4.69, 9.17) is 34.8 Å². The van der Waals surface area contributed by atoms with Crippen molar-refractivity contribution in [3.8, 4) is 5.69 Å². The van der Waals surface area contributed by atoms with E-state index in [1.165, 1.54) is 4.90 Å². The minimum absolute atomic E-state index is 0.0851. The zero-order valence-electron chi connectivity index (χ0n) is 12.2. The molecule has 24 heavy (non-hydrogen) atoms. The quantitative estimate of drug-likeness (QED) is 0.820. The summed E-state index contributed by atoms with van der Waals surface area (Å²) in [5.74, 6) is -1.60. The number of carbonyl (C=O) groups is 2. The molecule has 0 unspecified atom stereocenters. The highest BCUT2D eigenvalue weighted by molar-refractivity contribution is 6.53. The van der Waals surface area contributed by atoms with E-state index in [1.54, 1.807) is 28.9 Å². The van der Waals surface area contributed by atoms with E-state index in [-0.39, 0.29) is 12.2 Å². The minimum atomic E-state index is -1.17. The van der Waals surface area contributed by atoms with Crippen molar-refractivity contribution < 1.29 is 14.7 Å². The van der Waals surface area contributed by atoms with Crippen LogP contribution in [0.15, 0.2) is 24.3 Å². The summed E-state index contributed by atoms with van der Waals surface area (Å²) in [6.07, 6.45) is 0.449. The van der Waals surface area contributed by atoms with Crippen molar-refractivity contribution in [3.05, 3.63) is 46.2 Å². The molecular weight excluding hydrogens is 377 g/mol. The number of fused-ring (bicyclic) bond motifs is 1. The molecule has 6 nitrogen and oxygen atoms in total. The van der Waals surface area contributed by atoms with Gasteiger partial charge < -0.3 is 10.0 Å². The number of aromatic nitrogens is 2. The zero-order valence-corrected chi connectivity index (χ0v) is 14.5. The van der Waals surface area contributed by atoms with Crippen LogP contribution in [0, 0.1) is 0 Å². The first kappa shape index (κ1) is 17.1. The Balaban J connectivity index is 2.04. The van der Waals surface area contributed by atoms with E-state index in [0.29, 0.717) is 29.2 Å². The maximum Gasteiger partial charge on any atom is 0.356 e. The van der Waals surface area contributed by atoms with Crippen LogP contribution in [0.2, 0.25) is 5.02 Å². The second-order valence-electron chi connectivity index (χ2n) is 5.28. The smallest absolute Gasteiger partial charge is 0.356 e. The van der Waals surface area contributed by atoms with Crippen LogP contribution in [0.3, 0.4) is 0 Å². The molecule has 0 saturated heterocycles. The third kappa shape index (κ3) is 3.09. The lowest BCUT2D eigenvalue weighted by molar-refractivity contribution is -0.130. The summed E-state index contributed by atoms with van der Waals surface area (Å²) in [6.45, 7) is 0.499. The van der Waals surface area contributed by atoms with Crippen LogP contribution in [0.4, 0.5) is 0 Å². The van der Waals surface area contributed by atoms with Crippen molar-refractivity contribution in [1.29, 1.82) is 0 Å². The second kappa shape index (κ2) is 6.63. The fraction of sp³-hybridized carbons (Fsp3) is 0.267. The Labute approximate surface area is 152 Å². The van der Waals surface area contributed by atoms with E-state index >= 15 is 0 Å². The number of amides is 1.